The summed E-state index contributed by atoms with van der Waals surface area (Å²) in [5.41, 5.74) is 3.01. The Labute approximate surface area is 286 Å². The lowest BCUT2D eigenvalue weighted by atomic mass is 10.00. The molecule has 1 fully saturated rings. The molecule has 0 aromatic heterocycles. The van der Waals surface area contributed by atoms with Crippen molar-refractivity contribution in [2.45, 2.75) is 75.5 Å². The van der Waals surface area contributed by atoms with Crippen LogP contribution in [0.4, 0.5) is 0 Å². The van der Waals surface area contributed by atoms with Crippen molar-refractivity contribution in [1.29, 1.82) is 0 Å². The lowest BCUT2D eigenvalue weighted by Crippen LogP contribution is -2.58. The second-order valence-electron chi connectivity index (χ2n) is 12.8. The van der Waals surface area contributed by atoms with Crippen molar-refractivity contribution in [2.75, 3.05) is 0 Å². The Morgan fingerprint density at radius 3 is 2.00 bits per heavy atom. The van der Waals surface area contributed by atoms with Gasteiger partial charge in [-0.15, -0.1) is 0 Å². The van der Waals surface area contributed by atoms with Crippen LogP contribution in [0, 0.1) is 0 Å². The monoisotopic (exact) mass is 658 g/mol. The molecule has 4 bridgehead atoms. The van der Waals surface area contributed by atoms with E-state index in [9.17, 15) is 19.2 Å². The van der Waals surface area contributed by atoms with Crippen molar-refractivity contribution < 1.29 is 23.9 Å². The third-order valence-electron chi connectivity index (χ3n) is 9.10. The summed E-state index contributed by atoms with van der Waals surface area (Å²) in [6.07, 6.45) is 5.10. The van der Waals surface area contributed by atoms with Crippen molar-refractivity contribution in [3.63, 3.8) is 0 Å². The van der Waals surface area contributed by atoms with Gasteiger partial charge in [0.05, 0.1) is 0 Å². The van der Waals surface area contributed by atoms with Crippen LogP contribution in [0.3, 0.4) is 0 Å². The molecule has 252 valence electrons. The minimum absolute atomic E-state index is 0.0641. The molecule has 0 saturated heterocycles. The first-order chi connectivity index (χ1) is 23.9. The van der Waals surface area contributed by atoms with Crippen LogP contribution >= 0.6 is 0 Å². The average molecular weight is 659 g/mol. The van der Waals surface area contributed by atoms with Crippen LogP contribution in [0.25, 0.3) is 0 Å². The summed E-state index contributed by atoms with van der Waals surface area (Å²) < 4.78 is 6.21. The minimum Gasteiger partial charge on any atom is -0.457 e. The molecule has 3 atom stereocenters. The second-order valence-corrected chi connectivity index (χ2v) is 12.8. The van der Waals surface area contributed by atoms with Gasteiger partial charge in [0.25, 0.3) is 5.91 Å². The van der Waals surface area contributed by atoms with Gasteiger partial charge in [-0.25, -0.2) is 0 Å². The Morgan fingerprint density at radius 1 is 0.694 bits per heavy atom. The molecule has 6 rings (SSSR count). The van der Waals surface area contributed by atoms with E-state index < -0.39 is 35.8 Å². The first-order valence-corrected chi connectivity index (χ1v) is 17.1. The second kappa shape index (κ2) is 16.1. The lowest BCUT2D eigenvalue weighted by molar-refractivity contribution is -0.132. The number of amides is 4. The number of benzene rings is 4. The number of rotatable bonds is 7. The van der Waals surface area contributed by atoms with Gasteiger partial charge in [-0.05, 0) is 78.8 Å². The van der Waals surface area contributed by atoms with Crippen molar-refractivity contribution in [3.8, 4) is 11.5 Å². The Morgan fingerprint density at radius 2 is 1.33 bits per heavy atom. The van der Waals surface area contributed by atoms with Gasteiger partial charge >= 0.3 is 0 Å². The number of hydrogen-bond donors (Lipinski definition) is 4. The van der Waals surface area contributed by atoms with Crippen molar-refractivity contribution >= 4 is 23.6 Å². The average Bonchev–Trinajstić information content (AvgIpc) is 3.63. The van der Waals surface area contributed by atoms with Gasteiger partial charge in [0, 0.05) is 24.4 Å². The Balaban J connectivity index is 1.34. The molecule has 1 heterocycles. The Bertz CT molecular complexity index is 1760. The molecule has 0 radical (unpaired) electrons. The van der Waals surface area contributed by atoms with E-state index in [1.807, 2.05) is 84.9 Å². The number of fused-ring (bicyclic) bond motifs is 4. The third-order valence-corrected chi connectivity index (χ3v) is 9.10. The van der Waals surface area contributed by atoms with E-state index in [1.165, 1.54) is 0 Å². The van der Waals surface area contributed by atoms with E-state index >= 15 is 0 Å². The van der Waals surface area contributed by atoms with Gasteiger partial charge in [-0.3, -0.25) is 19.2 Å². The zero-order valence-electron chi connectivity index (χ0n) is 27.4. The molecule has 9 nitrogen and oxygen atoms in total. The molecule has 9 heteroatoms. The maximum Gasteiger partial charge on any atom is 0.251 e. The van der Waals surface area contributed by atoms with Gasteiger partial charge in [0.15, 0.2) is 0 Å². The fourth-order valence-corrected chi connectivity index (χ4v) is 6.47. The molecule has 1 saturated carbocycles. The first kappa shape index (κ1) is 33.5. The molecule has 49 heavy (non-hydrogen) atoms. The van der Waals surface area contributed by atoms with Crippen molar-refractivity contribution in [1.82, 2.24) is 21.3 Å². The predicted molar refractivity (Wildman–Crippen MR) is 187 cm³/mol. The molecule has 4 N–H and O–H groups in total. The highest BCUT2D eigenvalue weighted by molar-refractivity contribution is 5.99. The van der Waals surface area contributed by atoms with E-state index in [0.29, 0.717) is 23.5 Å². The summed E-state index contributed by atoms with van der Waals surface area (Å²) in [4.78, 5) is 55.3. The highest BCUT2D eigenvalue weighted by Crippen LogP contribution is 2.25. The standard InChI is InChI=1S/C40H42N4O5/c45-37(30-15-5-2-6-16-30)43-36-26-29-14-10-20-33(24-29)49-32-19-9-13-28(23-32)25-35(39(47)41-31-17-7-8-18-31)44-38(46)34(42-40(36)48)22-21-27-11-3-1-4-12-27/h1-6,9-16,19-20,23-24,31,34-36H,7-8,17-18,21-22,25-26H2,(H,41,47)(H,42,48)(H,43,45)(H,44,46)/t34-,35-,36-/m0/s1. The molecule has 2 aliphatic rings. The molecule has 1 aliphatic heterocycles. The zero-order valence-corrected chi connectivity index (χ0v) is 27.4. The van der Waals surface area contributed by atoms with Crippen LogP contribution < -0.4 is 26.0 Å². The molecular weight excluding hydrogens is 616 g/mol. The van der Waals surface area contributed by atoms with Gasteiger partial charge in [-0.2, -0.15) is 0 Å². The van der Waals surface area contributed by atoms with Gasteiger partial charge in [-0.1, -0.05) is 85.6 Å². The summed E-state index contributed by atoms with van der Waals surface area (Å²) in [6, 6.07) is 30.5. The van der Waals surface area contributed by atoms with Crippen LogP contribution in [-0.4, -0.2) is 47.8 Å². The van der Waals surface area contributed by atoms with Crippen LogP contribution in [0.5, 0.6) is 11.5 Å². The molecule has 0 unspecified atom stereocenters. The highest BCUT2D eigenvalue weighted by Gasteiger charge is 2.31. The topological polar surface area (TPSA) is 126 Å². The highest BCUT2D eigenvalue weighted by atomic mass is 16.5. The van der Waals surface area contributed by atoms with E-state index in [4.69, 9.17) is 4.74 Å². The summed E-state index contributed by atoms with van der Waals surface area (Å²) in [5, 5.41) is 12.0. The van der Waals surface area contributed by atoms with Crippen LogP contribution in [0.15, 0.2) is 109 Å². The molecule has 4 amide bonds. The van der Waals surface area contributed by atoms with Gasteiger partial charge in [0.2, 0.25) is 17.7 Å². The lowest BCUT2D eigenvalue weighted by Gasteiger charge is -2.27. The van der Waals surface area contributed by atoms with Crippen LogP contribution in [0.2, 0.25) is 0 Å². The number of ether oxygens (including phenoxy) is 1. The van der Waals surface area contributed by atoms with Crippen LogP contribution in [-0.2, 0) is 33.6 Å². The van der Waals surface area contributed by atoms with E-state index in [2.05, 4.69) is 21.3 Å². The number of carbonyl (C=O) groups excluding carboxylic acids is 4. The number of nitrogens with one attached hydrogen (secondary N) is 4. The first-order valence-electron chi connectivity index (χ1n) is 17.1. The summed E-state index contributed by atoms with van der Waals surface area (Å²) in [6.45, 7) is 0. The van der Waals surface area contributed by atoms with Gasteiger partial charge < -0.3 is 26.0 Å². The normalized spacial score (nSPS) is 20.0. The fraction of sp³-hybridized carbons (Fsp3) is 0.300. The molecular formula is C40H42N4O5. The number of aryl methyl sites for hydroxylation is 1. The van der Waals surface area contributed by atoms with E-state index in [1.54, 1.807) is 24.3 Å². The third kappa shape index (κ3) is 9.34. The number of carbonyl (C=O) groups is 4. The molecule has 4 aromatic rings. The zero-order chi connectivity index (χ0) is 34.0. The summed E-state index contributed by atoms with van der Waals surface area (Å²) >= 11 is 0. The Kier molecular flexibility index (Phi) is 11.0. The van der Waals surface area contributed by atoms with Crippen molar-refractivity contribution in [3.05, 3.63) is 131 Å². The van der Waals surface area contributed by atoms with E-state index in [-0.39, 0.29) is 31.2 Å². The smallest absolute Gasteiger partial charge is 0.251 e. The maximum atomic E-state index is 14.1. The van der Waals surface area contributed by atoms with E-state index in [0.717, 1.165) is 42.4 Å². The molecule has 4 aromatic carbocycles. The molecule has 0 spiro atoms. The quantitative estimate of drug-likeness (QED) is 0.222. The summed E-state index contributed by atoms with van der Waals surface area (Å²) in [5.74, 6) is -0.497. The summed E-state index contributed by atoms with van der Waals surface area (Å²) in [7, 11) is 0. The minimum atomic E-state index is -1.01. The fourth-order valence-electron chi connectivity index (χ4n) is 6.47. The maximum absolute atomic E-state index is 14.1. The number of hydrogen-bond acceptors (Lipinski definition) is 5. The van der Waals surface area contributed by atoms with Crippen molar-refractivity contribution in [2.24, 2.45) is 0 Å². The Hall–Kier alpha value is -5.44. The predicted octanol–water partition coefficient (Wildman–Crippen LogP) is 5.04. The molecule has 1 aliphatic carbocycles. The SMILES string of the molecule is O=C(N[C@H]1Cc2cccc(c2)Oc2cccc(c2)C[C@@H](C(=O)NC2CCCC2)NC(=O)[C@H](CCc2ccccc2)NC1=O)c1ccccc1. The van der Waals surface area contributed by atoms with Crippen LogP contribution in [0.1, 0.15) is 59.2 Å². The largest absolute Gasteiger partial charge is 0.457 e. The van der Waals surface area contributed by atoms with Gasteiger partial charge in [0.1, 0.15) is 29.6 Å².